The molecule has 0 amide bonds. The predicted octanol–water partition coefficient (Wildman–Crippen LogP) is 2.58. The second-order valence-corrected chi connectivity index (χ2v) is 4.40. The van der Waals surface area contributed by atoms with Crippen LogP contribution in [0.5, 0.6) is 0 Å². The summed E-state index contributed by atoms with van der Waals surface area (Å²) in [5, 5.41) is 4.12. The minimum absolute atomic E-state index is 0.0148. The van der Waals surface area contributed by atoms with Gasteiger partial charge < -0.3 is 15.2 Å². The van der Waals surface area contributed by atoms with Gasteiger partial charge in [0.25, 0.3) is 0 Å². The molecule has 1 atom stereocenters. The van der Waals surface area contributed by atoms with Gasteiger partial charge in [-0.1, -0.05) is 13.3 Å². The zero-order chi connectivity index (χ0) is 11.6. The Morgan fingerprint density at radius 1 is 1.38 bits per heavy atom. The second kappa shape index (κ2) is 8.70. The highest BCUT2D eigenvalue weighted by atomic mass is 32.1. The highest BCUT2D eigenvalue weighted by Crippen LogP contribution is 2.18. The van der Waals surface area contributed by atoms with Crippen molar-refractivity contribution in [1.29, 1.82) is 0 Å². The number of rotatable bonds is 9. The minimum atomic E-state index is 0.0148. The molecule has 92 valence electrons. The maximum atomic E-state index is 5.67. The first-order valence-corrected chi connectivity index (χ1v) is 6.74. The van der Waals surface area contributed by atoms with Crippen molar-refractivity contribution in [3.05, 3.63) is 22.4 Å². The van der Waals surface area contributed by atoms with Crippen molar-refractivity contribution in [3.63, 3.8) is 0 Å². The molecule has 4 heteroatoms. The van der Waals surface area contributed by atoms with Crippen molar-refractivity contribution in [2.24, 2.45) is 5.73 Å². The van der Waals surface area contributed by atoms with E-state index in [-0.39, 0.29) is 6.10 Å². The van der Waals surface area contributed by atoms with Gasteiger partial charge in [-0.25, -0.2) is 0 Å². The number of hydrogen-bond acceptors (Lipinski definition) is 4. The average molecular weight is 243 g/mol. The molecule has 0 spiro atoms. The van der Waals surface area contributed by atoms with Crippen LogP contribution in [0.3, 0.4) is 0 Å². The van der Waals surface area contributed by atoms with Crippen LogP contribution in [-0.2, 0) is 9.47 Å². The molecule has 0 radical (unpaired) electrons. The molecule has 0 aliphatic rings. The van der Waals surface area contributed by atoms with E-state index >= 15 is 0 Å². The zero-order valence-corrected chi connectivity index (χ0v) is 10.7. The molecular weight excluding hydrogens is 222 g/mol. The van der Waals surface area contributed by atoms with E-state index in [2.05, 4.69) is 18.4 Å². The molecule has 1 rings (SSSR count). The second-order valence-electron chi connectivity index (χ2n) is 3.62. The zero-order valence-electron chi connectivity index (χ0n) is 9.85. The molecule has 2 N–H and O–H groups in total. The maximum Gasteiger partial charge on any atom is 0.0956 e. The van der Waals surface area contributed by atoms with Crippen LogP contribution in [0.25, 0.3) is 0 Å². The van der Waals surface area contributed by atoms with Crippen molar-refractivity contribution < 1.29 is 9.47 Å². The topological polar surface area (TPSA) is 44.5 Å². The van der Waals surface area contributed by atoms with Crippen molar-refractivity contribution in [1.82, 2.24) is 0 Å². The summed E-state index contributed by atoms with van der Waals surface area (Å²) < 4.78 is 11.1. The van der Waals surface area contributed by atoms with E-state index in [0.29, 0.717) is 19.8 Å². The largest absolute Gasteiger partial charge is 0.379 e. The lowest BCUT2D eigenvalue weighted by Crippen LogP contribution is -2.17. The molecule has 0 fully saturated rings. The Kier molecular flexibility index (Phi) is 7.42. The Balaban J connectivity index is 2.11. The van der Waals surface area contributed by atoms with Gasteiger partial charge in [-0.2, -0.15) is 11.3 Å². The Morgan fingerprint density at radius 3 is 2.88 bits per heavy atom. The van der Waals surface area contributed by atoms with Gasteiger partial charge in [0.1, 0.15) is 0 Å². The lowest BCUT2D eigenvalue weighted by molar-refractivity contribution is 0.00711. The highest BCUT2D eigenvalue weighted by Gasteiger charge is 2.09. The molecular formula is C12H21NO2S. The monoisotopic (exact) mass is 243 g/mol. The van der Waals surface area contributed by atoms with Gasteiger partial charge in [0.15, 0.2) is 0 Å². The molecule has 0 aromatic carbocycles. The molecule has 0 aliphatic heterocycles. The van der Waals surface area contributed by atoms with Crippen LogP contribution in [0.4, 0.5) is 0 Å². The summed E-state index contributed by atoms with van der Waals surface area (Å²) in [6.07, 6.45) is 2.30. The van der Waals surface area contributed by atoms with E-state index in [4.69, 9.17) is 15.2 Å². The van der Waals surface area contributed by atoms with E-state index in [1.807, 2.05) is 5.38 Å². The van der Waals surface area contributed by atoms with Crippen molar-refractivity contribution in [3.8, 4) is 0 Å². The molecule has 0 bridgehead atoms. The normalized spacial score (nSPS) is 12.9. The molecule has 0 saturated carbocycles. The predicted molar refractivity (Wildman–Crippen MR) is 67.8 cm³/mol. The third kappa shape index (κ3) is 5.07. The smallest absolute Gasteiger partial charge is 0.0956 e. The molecule has 1 unspecified atom stereocenters. The molecule has 0 saturated heterocycles. The summed E-state index contributed by atoms with van der Waals surface area (Å²) in [6, 6.07) is 2.06. The molecule has 1 heterocycles. The van der Waals surface area contributed by atoms with Crippen LogP contribution in [0.2, 0.25) is 0 Å². The summed E-state index contributed by atoms with van der Waals surface area (Å²) in [7, 11) is 0. The van der Waals surface area contributed by atoms with Gasteiger partial charge >= 0.3 is 0 Å². The summed E-state index contributed by atoms with van der Waals surface area (Å²) in [5.74, 6) is 0. The van der Waals surface area contributed by atoms with Crippen LogP contribution in [0.15, 0.2) is 16.8 Å². The molecule has 1 aromatic heterocycles. The van der Waals surface area contributed by atoms with E-state index in [1.165, 1.54) is 12.0 Å². The Morgan fingerprint density at radius 2 is 2.25 bits per heavy atom. The SMILES string of the molecule is CCCCOCCOC(CN)c1ccsc1. The van der Waals surface area contributed by atoms with Crippen molar-refractivity contribution >= 4 is 11.3 Å². The standard InChI is InChI=1S/C12H21NO2S/c1-2-3-5-14-6-7-15-12(9-13)11-4-8-16-10-11/h4,8,10,12H,2-3,5-7,9,13H2,1H3. The van der Waals surface area contributed by atoms with Gasteiger partial charge in [0.05, 0.1) is 19.3 Å². The molecule has 1 aromatic rings. The molecule has 3 nitrogen and oxygen atoms in total. The quantitative estimate of drug-likeness (QED) is 0.678. The van der Waals surface area contributed by atoms with Gasteiger partial charge in [-0.3, -0.25) is 0 Å². The fraction of sp³-hybridized carbons (Fsp3) is 0.667. The summed E-state index contributed by atoms with van der Waals surface area (Å²) in [4.78, 5) is 0. The Bertz CT molecular complexity index is 252. The number of nitrogens with two attached hydrogens (primary N) is 1. The van der Waals surface area contributed by atoms with Crippen molar-refractivity contribution in [2.45, 2.75) is 25.9 Å². The van der Waals surface area contributed by atoms with Crippen LogP contribution in [-0.4, -0.2) is 26.4 Å². The van der Waals surface area contributed by atoms with Crippen molar-refractivity contribution in [2.75, 3.05) is 26.4 Å². The highest BCUT2D eigenvalue weighted by molar-refractivity contribution is 7.07. The fourth-order valence-electron chi connectivity index (χ4n) is 1.36. The van der Waals surface area contributed by atoms with Gasteiger partial charge in [-0.05, 0) is 28.8 Å². The van der Waals surface area contributed by atoms with E-state index in [0.717, 1.165) is 13.0 Å². The first-order valence-electron chi connectivity index (χ1n) is 5.80. The van der Waals surface area contributed by atoms with Crippen LogP contribution >= 0.6 is 11.3 Å². The first kappa shape index (κ1) is 13.6. The average Bonchev–Trinajstić information content (AvgIpc) is 2.82. The van der Waals surface area contributed by atoms with Crippen LogP contribution in [0.1, 0.15) is 31.4 Å². The lowest BCUT2D eigenvalue weighted by Gasteiger charge is -2.14. The van der Waals surface area contributed by atoms with E-state index in [9.17, 15) is 0 Å². The first-order chi connectivity index (χ1) is 7.88. The summed E-state index contributed by atoms with van der Waals surface area (Å²) in [6.45, 7) is 4.76. The molecule has 16 heavy (non-hydrogen) atoms. The molecule has 0 aliphatic carbocycles. The van der Waals surface area contributed by atoms with E-state index < -0.39 is 0 Å². The van der Waals surface area contributed by atoms with Crippen LogP contribution in [0, 0.1) is 0 Å². The maximum absolute atomic E-state index is 5.67. The lowest BCUT2D eigenvalue weighted by atomic mass is 10.2. The van der Waals surface area contributed by atoms with E-state index in [1.54, 1.807) is 11.3 Å². The number of ether oxygens (including phenoxy) is 2. The third-order valence-electron chi connectivity index (χ3n) is 2.32. The number of hydrogen-bond donors (Lipinski definition) is 1. The Labute approximate surface area is 102 Å². The fourth-order valence-corrected chi connectivity index (χ4v) is 2.06. The number of thiophene rings is 1. The number of unbranched alkanes of at least 4 members (excludes halogenated alkanes) is 1. The minimum Gasteiger partial charge on any atom is -0.379 e. The van der Waals surface area contributed by atoms with Gasteiger partial charge in [0, 0.05) is 13.2 Å². The summed E-state index contributed by atoms with van der Waals surface area (Å²) in [5.41, 5.74) is 6.83. The summed E-state index contributed by atoms with van der Waals surface area (Å²) >= 11 is 1.67. The van der Waals surface area contributed by atoms with Gasteiger partial charge in [0.2, 0.25) is 0 Å². The third-order valence-corrected chi connectivity index (χ3v) is 3.02. The van der Waals surface area contributed by atoms with Gasteiger partial charge in [-0.15, -0.1) is 0 Å². The van der Waals surface area contributed by atoms with Crippen LogP contribution < -0.4 is 5.73 Å². The Hall–Kier alpha value is -0.420.